The van der Waals surface area contributed by atoms with Crippen molar-refractivity contribution in [1.82, 2.24) is 4.90 Å². The molecular formula is C22H25N3O4. The Labute approximate surface area is 170 Å². The zero-order valence-corrected chi connectivity index (χ0v) is 16.8. The lowest BCUT2D eigenvalue weighted by Crippen LogP contribution is -2.39. The smallest absolute Gasteiger partial charge is 0.243 e. The Hall–Kier alpha value is -3.35. The highest BCUT2D eigenvalue weighted by Crippen LogP contribution is 2.28. The van der Waals surface area contributed by atoms with Crippen LogP contribution in [0, 0.1) is 12.8 Å². The molecule has 7 heteroatoms. The highest BCUT2D eigenvalue weighted by molar-refractivity contribution is 6.01. The molecule has 1 aliphatic rings. The zero-order valence-electron chi connectivity index (χ0n) is 16.8. The van der Waals surface area contributed by atoms with E-state index in [4.69, 9.17) is 4.74 Å². The average Bonchev–Trinajstić information content (AvgIpc) is 3.10. The number of carbonyl (C=O) groups excluding carboxylic acids is 3. The summed E-state index contributed by atoms with van der Waals surface area (Å²) in [4.78, 5) is 40.4. The highest BCUT2D eigenvalue weighted by Gasteiger charge is 2.36. The minimum atomic E-state index is -0.481. The second-order valence-corrected chi connectivity index (χ2v) is 7.22. The molecule has 1 atom stereocenters. The van der Waals surface area contributed by atoms with Gasteiger partial charge in [0.15, 0.2) is 0 Å². The van der Waals surface area contributed by atoms with Crippen LogP contribution in [0.4, 0.5) is 11.4 Å². The molecule has 3 rings (SSSR count). The maximum atomic E-state index is 12.8. The van der Waals surface area contributed by atoms with Gasteiger partial charge in [-0.15, -0.1) is 0 Å². The van der Waals surface area contributed by atoms with Gasteiger partial charge in [0, 0.05) is 37.5 Å². The highest BCUT2D eigenvalue weighted by atomic mass is 16.5. The van der Waals surface area contributed by atoms with E-state index in [2.05, 4.69) is 5.32 Å². The van der Waals surface area contributed by atoms with Crippen LogP contribution < -0.4 is 15.0 Å². The van der Waals surface area contributed by atoms with E-state index >= 15 is 0 Å². The first-order valence-corrected chi connectivity index (χ1v) is 9.43. The summed E-state index contributed by atoms with van der Waals surface area (Å²) in [6, 6.07) is 14.6. The Morgan fingerprint density at radius 1 is 1.21 bits per heavy atom. The molecule has 152 valence electrons. The molecule has 3 amide bonds. The van der Waals surface area contributed by atoms with Gasteiger partial charge in [-0.2, -0.15) is 0 Å². The lowest BCUT2D eigenvalue weighted by atomic mass is 10.1. The van der Waals surface area contributed by atoms with E-state index in [9.17, 15) is 14.4 Å². The molecule has 1 heterocycles. The number of nitrogens with one attached hydrogen (secondary N) is 1. The van der Waals surface area contributed by atoms with E-state index < -0.39 is 5.92 Å². The van der Waals surface area contributed by atoms with Gasteiger partial charge < -0.3 is 19.9 Å². The number of carbonyl (C=O) groups is 3. The molecule has 0 bridgehead atoms. The summed E-state index contributed by atoms with van der Waals surface area (Å²) >= 11 is 0. The van der Waals surface area contributed by atoms with E-state index in [1.54, 1.807) is 37.3 Å². The van der Waals surface area contributed by atoms with Crippen LogP contribution in [0.3, 0.4) is 0 Å². The van der Waals surface area contributed by atoms with Crippen molar-refractivity contribution in [2.75, 3.05) is 37.5 Å². The van der Waals surface area contributed by atoms with Gasteiger partial charge in [0.1, 0.15) is 5.75 Å². The fraction of sp³-hybridized carbons (Fsp3) is 0.318. The average molecular weight is 395 g/mol. The number of methoxy groups -OCH3 is 1. The first kappa shape index (κ1) is 20.4. The van der Waals surface area contributed by atoms with Crippen LogP contribution in [0.25, 0.3) is 0 Å². The molecule has 0 saturated carbocycles. The van der Waals surface area contributed by atoms with Crippen LogP contribution >= 0.6 is 0 Å². The van der Waals surface area contributed by atoms with E-state index in [0.29, 0.717) is 17.1 Å². The van der Waals surface area contributed by atoms with Gasteiger partial charge >= 0.3 is 0 Å². The second kappa shape index (κ2) is 8.77. The molecule has 1 fully saturated rings. The quantitative estimate of drug-likeness (QED) is 0.815. The third-order valence-corrected chi connectivity index (χ3v) is 4.93. The Morgan fingerprint density at radius 2 is 1.93 bits per heavy atom. The van der Waals surface area contributed by atoms with Gasteiger partial charge in [-0.05, 0) is 31.2 Å². The molecule has 1 aliphatic heterocycles. The first-order valence-electron chi connectivity index (χ1n) is 9.43. The van der Waals surface area contributed by atoms with Gasteiger partial charge in [-0.1, -0.05) is 23.8 Å². The Bertz CT molecular complexity index is 911. The summed E-state index contributed by atoms with van der Waals surface area (Å²) in [5.41, 5.74) is 2.48. The first-order chi connectivity index (χ1) is 13.9. The van der Waals surface area contributed by atoms with Crippen molar-refractivity contribution in [2.24, 2.45) is 5.92 Å². The third kappa shape index (κ3) is 4.93. The van der Waals surface area contributed by atoms with Gasteiger partial charge in [0.2, 0.25) is 17.7 Å². The Morgan fingerprint density at radius 3 is 2.62 bits per heavy atom. The van der Waals surface area contributed by atoms with Crippen LogP contribution in [-0.2, 0) is 14.4 Å². The predicted octanol–water partition coefficient (Wildman–Crippen LogP) is 2.45. The number of benzene rings is 2. The number of anilines is 2. The minimum absolute atomic E-state index is 0.0729. The maximum absolute atomic E-state index is 12.8. The molecule has 0 radical (unpaired) electrons. The van der Waals surface area contributed by atoms with Gasteiger partial charge in [-0.25, -0.2) is 0 Å². The van der Waals surface area contributed by atoms with Crippen molar-refractivity contribution in [2.45, 2.75) is 13.3 Å². The molecule has 0 aliphatic carbocycles. The molecule has 0 aromatic heterocycles. The number of aryl methyl sites for hydroxylation is 1. The summed E-state index contributed by atoms with van der Waals surface area (Å²) in [6.45, 7) is 2.18. The number of ether oxygens (including phenoxy) is 1. The minimum Gasteiger partial charge on any atom is -0.497 e. The number of hydrogen-bond donors (Lipinski definition) is 1. The number of amides is 3. The SMILES string of the molecule is COc1cccc(N2CC(C(=O)N(C)CC(=O)Nc3ccc(C)cc3)CC2=O)c1. The van der Waals surface area contributed by atoms with Crippen molar-refractivity contribution in [1.29, 1.82) is 0 Å². The molecule has 2 aromatic carbocycles. The molecule has 0 spiro atoms. The standard InChI is InChI=1S/C22H25N3O4/c1-15-7-9-17(10-8-15)23-20(26)14-24(2)22(28)16-11-21(27)25(13-16)18-5-4-6-19(12-18)29-3/h4-10,12,16H,11,13-14H2,1-3H3,(H,23,26). The topological polar surface area (TPSA) is 79.0 Å². The normalized spacial score (nSPS) is 15.9. The van der Waals surface area contributed by atoms with Gasteiger partial charge in [0.25, 0.3) is 0 Å². The van der Waals surface area contributed by atoms with Crippen LogP contribution in [0.15, 0.2) is 48.5 Å². The van der Waals surface area contributed by atoms with Crippen molar-refractivity contribution in [3.8, 4) is 5.75 Å². The molecule has 7 nitrogen and oxygen atoms in total. The largest absolute Gasteiger partial charge is 0.497 e. The van der Waals surface area contributed by atoms with Gasteiger partial charge in [0.05, 0.1) is 19.6 Å². The summed E-state index contributed by atoms with van der Waals surface area (Å²) < 4.78 is 5.20. The Kier molecular flexibility index (Phi) is 6.16. The summed E-state index contributed by atoms with van der Waals surface area (Å²) in [5.74, 6) is -0.448. The predicted molar refractivity (Wildman–Crippen MR) is 111 cm³/mol. The fourth-order valence-electron chi connectivity index (χ4n) is 3.34. The summed E-state index contributed by atoms with van der Waals surface area (Å²) in [5, 5.41) is 2.78. The lowest BCUT2D eigenvalue weighted by Gasteiger charge is -2.21. The van der Waals surface area contributed by atoms with E-state index in [-0.39, 0.29) is 37.2 Å². The zero-order chi connectivity index (χ0) is 21.0. The van der Waals surface area contributed by atoms with Crippen molar-refractivity contribution in [3.05, 3.63) is 54.1 Å². The van der Waals surface area contributed by atoms with Crippen LogP contribution in [0.2, 0.25) is 0 Å². The van der Waals surface area contributed by atoms with Crippen LogP contribution in [0.5, 0.6) is 5.75 Å². The summed E-state index contributed by atoms with van der Waals surface area (Å²) in [6.07, 6.45) is 0.125. The number of nitrogens with zero attached hydrogens (tertiary/aromatic N) is 2. The second-order valence-electron chi connectivity index (χ2n) is 7.22. The van der Waals surface area contributed by atoms with Crippen LogP contribution in [0.1, 0.15) is 12.0 Å². The van der Waals surface area contributed by atoms with Crippen molar-refractivity contribution >= 4 is 29.1 Å². The molecule has 1 unspecified atom stereocenters. The molecular weight excluding hydrogens is 370 g/mol. The number of rotatable bonds is 6. The third-order valence-electron chi connectivity index (χ3n) is 4.93. The fourth-order valence-corrected chi connectivity index (χ4v) is 3.34. The monoisotopic (exact) mass is 395 g/mol. The van der Waals surface area contributed by atoms with E-state index in [1.807, 2.05) is 37.3 Å². The molecule has 29 heavy (non-hydrogen) atoms. The molecule has 1 saturated heterocycles. The van der Waals surface area contributed by atoms with E-state index in [1.165, 1.54) is 4.90 Å². The maximum Gasteiger partial charge on any atom is 0.243 e. The molecule has 2 aromatic rings. The lowest BCUT2D eigenvalue weighted by molar-refractivity contribution is -0.137. The van der Waals surface area contributed by atoms with Crippen molar-refractivity contribution < 1.29 is 19.1 Å². The number of likely N-dealkylation sites (N-methyl/N-ethyl adjacent to an activating group) is 1. The van der Waals surface area contributed by atoms with Crippen molar-refractivity contribution in [3.63, 3.8) is 0 Å². The van der Waals surface area contributed by atoms with Gasteiger partial charge in [-0.3, -0.25) is 14.4 Å². The Balaban J connectivity index is 1.58. The number of hydrogen-bond acceptors (Lipinski definition) is 4. The van der Waals surface area contributed by atoms with E-state index in [0.717, 1.165) is 5.56 Å². The van der Waals surface area contributed by atoms with Crippen LogP contribution in [-0.4, -0.2) is 49.9 Å². The summed E-state index contributed by atoms with van der Waals surface area (Å²) in [7, 11) is 3.14. The molecule has 1 N–H and O–H groups in total.